The number of carbonyl (C=O) groups is 1. The van der Waals surface area contributed by atoms with E-state index >= 15 is 0 Å². The standard InChI is InChI=1S/C25H19N5O2S/c1-32-19-14-12-18(13-15-19)30-22(16-8-4-2-5-9-16)20(23(31)17-10-6-3-7-11-17)21(29-30)24-26-25(33)28-27-24/h2-15H,1H3,(H2,26,27,28,33). The molecule has 2 aromatic heterocycles. The van der Waals surface area contributed by atoms with Gasteiger partial charge in [0, 0.05) is 11.1 Å². The molecule has 7 nitrogen and oxygen atoms in total. The fraction of sp³-hybridized carbons (Fsp3) is 0.0400. The molecule has 5 rings (SSSR count). The lowest BCUT2D eigenvalue weighted by atomic mass is 9.97. The Kier molecular flexibility index (Phi) is 5.42. The normalized spacial score (nSPS) is 10.8. The number of rotatable bonds is 6. The van der Waals surface area contributed by atoms with Crippen LogP contribution in [0.15, 0.2) is 84.9 Å². The number of nitrogens with zero attached hydrogens (tertiary/aromatic N) is 3. The average molecular weight is 454 g/mol. The monoisotopic (exact) mass is 453 g/mol. The summed E-state index contributed by atoms with van der Waals surface area (Å²) < 4.78 is 7.34. The van der Waals surface area contributed by atoms with E-state index in [4.69, 9.17) is 22.1 Å². The van der Waals surface area contributed by atoms with Gasteiger partial charge in [0.25, 0.3) is 0 Å². The van der Waals surface area contributed by atoms with E-state index in [1.807, 2.05) is 72.8 Å². The van der Waals surface area contributed by atoms with Crippen LogP contribution >= 0.6 is 12.2 Å². The highest BCUT2D eigenvalue weighted by molar-refractivity contribution is 7.71. The van der Waals surface area contributed by atoms with Crippen molar-refractivity contribution in [2.75, 3.05) is 7.11 Å². The van der Waals surface area contributed by atoms with Crippen molar-refractivity contribution < 1.29 is 9.53 Å². The van der Waals surface area contributed by atoms with Crippen molar-refractivity contribution in [3.8, 4) is 34.2 Å². The number of hydrogen-bond donors (Lipinski definition) is 2. The number of methoxy groups -OCH3 is 1. The predicted molar refractivity (Wildman–Crippen MR) is 128 cm³/mol. The fourth-order valence-electron chi connectivity index (χ4n) is 3.69. The molecule has 0 saturated carbocycles. The summed E-state index contributed by atoms with van der Waals surface area (Å²) in [4.78, 5) is 18.2. The number of ketones is 1. The van der Waals surface area contributed by atoms with Crippen molar-refractivity contribution in [1.82, 2.24) is 25.0 Å². The molecule has 0 radical (unpaired) electrons. The van der Waals surface area contributed by atoms with E-state index in [0.29, 0.717) is 28.3 Å². The second kappa shape index (κ2) is 8.68. The first-order valence-electron chi connectivity index (χ1n) is 10.2. The van der Waals surface area contributed by atoms with Crippen LogP contribution in [0, 0.1) is 4.77 Å². The molecule has 8 heteroatoms. The number of hydrogen-bond acceptors (Lipinski definition) is 5. The van der Waals surface area contributed by atoms with Gasteiger partial charge in [0.15, 0.2) is 11.6 Å². The lowest BCUT2D eigenvalue weighted by Gasteiger charge is -2.10. The first-order chi connectivity index (χ1) is 16.2. The highest BCUT2D eigenvalue weighted by Gasteiger charge is 2.28. The maximum atomic E-state index is 13.8. The SMILES string of the molecule is COc1ccc(-n2nc(-c3nc(=S)[nH][nH]3)c(C(=O)c3ccccc3)c2-c2ccccc2)cc1. The predicted octanol–water partition coefficient (Wildman–Crippen LogP) is 5.23. The Morgan fingerprint density at radius 1 is 0.909 bits per heavy atom. The lowest BCUT2D eigenvalue weighted by molar-refractivity contribution is 0.104. The van der Waals surface area contributed by atoms with Gasteiger partial charge in [-0.1, -0.05) is 60.7 Å². The Labute approximate surface area is 194 Å². The van der Waals surface area contributed by atoms with Crippen LogP contribution in [0.2, 0.25) is 0 Å². The zero-order valence-corrected chi connectivity index (χ0v) is 18.5. The third-order valence-electron chi connectivity index (χ3n) is 5.24. The van der Waals surface area contributed by atoms with Crippen molar-refractivity contribution in [3.05, 3.63) is 101 Å². The number of benzene rings is 3. The second-order valence-corrected chi connectivity index (χ2v) is 7.65. The maximum absolute atomic E-state index is 13.8. The smallest absolute Gasteiger partial charge is 0.213 e. The Morgan fingerprint density at radius 2 is 1.58 bits per heavy atom. The summed E-state index contributed by atoms with van der Waals surface area (Å²) in [7, 11) is 1.62. The van der Waals surface area contributed by atoms with Crippen LogP contribution in [0.3, 0.4) is 0 Å². The number of H-pyrrole nitrogens is 2. The Morgan fingerprint density at radius 3 is 2.18 bits per heavy atom. The van der Waals surface area contributed by atoms with Crippen molar-refractivity contribution >= 4 is 18.0 Å². The molecule has 5 aromatic rings. The topological polar surface area (TPSA) is 88.6 Å². The first-order valence-corrected chi connectivity index (χ1v) is 10.6. The van der Waals surface area contributed by atoms with Crippen molar-refractivity contribution in [2.24, 2.45) is 0 Å². The molecular weight excluding hydrogens is 434 g/mol. The molecule has 0 amide bonds. The third kappa shape index (κ3) is 3.88. The average Bonchev–Trinajstić information content (AvgIpc) is 3.48. The summed E-state index contributed by atoms with van der Waals surface area (Å²) in [5.41, 5.74) is 3.68. The lowest BCUT2D eigenvalue weighted by Crippen LogP contribution is -2.06. The minimum atomic E-state index is -0.161. The molecule has 0 atom stereocenters. The molecule has 0 saturated heterocycles. The van der Waals surface area contributed by atoms with Gasteiger partial charge in [0.05, 0.1) is 24.1 Å². The molecule has 33 heavy (non-hydrogen) atoms. The highest BCUT2D eigenvalue weighted by Crippen LogP contribution is 2.35. The summed E-state index contributed by atoms with van der Waals surface area (Å²) in [5, 5.41) is 10.6. The summed E-state index contributed by atoms with van der Waals surface area (Å²) in [5.74, 6) is 0.958. The number of nitrogens with one attached hydrogen (secondary N) is 2. The van der Waals surface area contributed by atoms with E-state index < -0.39 is 0 Å². The van der Waals surface area contributed by atoms with E-state index in [1.54, 1.807) is 23.9 Å². The third-order valence-corrected chi connectivity index (χ3v) is 5.43. The van der Waals surface area contributed by atoms with Crippen LogP contribution in [0.25, 0.3) is 28.5 Å². The molecule has 2 N–H and O–H groups in total. The van der Waals surface area contributed by atoms with Gasteiger partial charge in [-0.25, -0.2) is 4.68 Å². The second-order valence-electron chi connectivity index (χ2n) is 7.26. The molecular formula is C25H19N5O2S. The zero-order chi connectivity index (χ0) is 22.8. The molecule has 0 aliphatic rings. The van der Waals surface area contributed by atoms with Gasteiger partial charge < -0.3 is 4.74 Å². The Hall–Kier alpha value is -4.30. The van der Waals surface area contributed by atoms with Crippen LogP contribution in [0.4, 0.5) is 0 Å². The molecule has 0 aliphatic carbocycles. The fourth-order valence-corrected chi connectivity index (χ4v) is 3.83. The molecule has 162 valence electrons. The van der Waals surface area contributed by atoms with Gasteiger partial charge in [-0.15, -0.1) is 0 Å². The summed E-state index contributed by atoms with van der Waals surface area (Å²) in [6, 6.07) is 26.3. The van der Waals surface area contributed by atoms with Gasteiger partial charge >= 0.3 is 0 Å². The van der Waals surface area contributed by atoms with E-state index in [9.17, 15) is 4.79 Å². The van der Waals surface area contributed by atoms with E-state index in [1.165, 1.54) is 0 Å². The van der Waals surface area contributed by atoms with E-state index in [0.717, 1.165) is 17.0 Å². The van der Waals surface area contributed by atoms with E-state index in [2.05, 4.69) is 15.2 Å². The van der Waals surface area contributed by atoms with Gasteiger partial charge in [0.2, 0.25) is 4.77 Å². The first kappa shape index (κ1) is 20.6. The van der Waals surface area contributed by atoms with Crippen LogP contribution in [0.5, 0.6) is 5.75 Å². The molecule has 0 unspecified atom stereocenters. The Balaban J connectivity index is 1.83. The van der Waals surface area contributed by atoms with Gasteiger partial charge in [-0.2, -0.15) is 10.1 Å². The number of ether oxygens (including phenoxy) is 1. The van der Waals surface area contributed by atoms with Gasteiger partial charge in [-0.3, -0.25) is 15.0 Å². The molecule has 0 fully saturated rings. The molecule has 0 spiro atoms. The van der Waals surface area contributed by atoms with Crippen LogP contribution in [-0.2, 0) is 0 Å². The molecule has 0 aliphatic heterocycles. The zero-order valence-electron chi connectivity index (χ0n) is 17.6. The number of carbonyl (C=O) groups excluding carboxylic acids is 1. The molecule has 3 aromatic carbocycles. The van der Waals surface area contributed by atoms with Crippen LogP contribution in [0.1, 0.15) is 15.9 Å². The largest absolute Gasteiger partial charge is 0.497 e. The van der Waals surface area contributed by atoms with Gasteiger partial charge in [-0.05, 0) is 36.5 Å². The van der Waals surface area contributed by atoms with Crippen molar-refractivity contribution in [2.45, 2.75) is 0 Å². The number of aromatic nitrogens is 5. The van der Waals surface area contributed by atoms with Crippen LogP contribution < -0.4 is 4.74 Å². The highest BCUT2D eigenvalue weighted by atomic mass is 32.1. The quantitative estimate of drug-likeness (QED) is 0.272. The Bertz CT molecular complexity index is 1470. The van der Waals surface area contributed by atoms with Crippen LogP contribution in [-0.4, -0.2) is 37.9 Å². The molecule has 2 heterocycles. The summed E-state index contributed by atoms with van der Waals surface area (Å²) in [6.07, 6.45) is 0. The maximum Gasteiger partial charge on any atom is 0.213 e. The van der Waals surface area contributed by atoms with Crippen molar-refractivity contribution in [1.29, 1.82) is 0 Å². The number of aromatic amines is 2. The minimum absolute atomic E-state index is 0.161. The summed E-state index contributed by atoms with van der Waals surface area (Å²) >= 11 is 5.16. The molecule has 0 bridgehead atoms. The van der Waals surface area contributed by atoms with E-state index in [-0.39, 0.29) is 10.6 Å². The van der Waals surface area contributed by atoms with Crippen molar-refractivity contribution in [3.63, 3.8) is 0 Å². The van der Waals surface area contributed by atoms with Gasteiger partial charge in [0.1, 0.15) is 11.4 Å². The minimum Gasteiger partial charge on any atom is -0.497 e. The summed E-state index contributed by atoms with van der Waals surface area (Å²) in [6.45, 7) is 0.